The average molecular weight is 360 g/mol. The number of hydrogen-bond acceptors (Lipinski definition) is 6. The number of Topliss-reactive ketones (excluding diaryl/α,β-unsaturated/α-hetero) is 1. The summed E-state index contributed by atoms with van der Waals surface area (Å²) in [5.74, 6) is -0.436. The first-order chi connectivity index (χ1) is 12.4. The molecule has 7 nitrogen and oxygen atoms in total. The molecule has 2 aromatic rings. The number of ether oxygens (including phenoxy) is 2. The van der Waals surface area contributed by atoms with Crippen molar-refractivity contribution < 1.29 is 23.6 Å². The van der Waals surface area contributed by atoms with Gasteiger partial charge in [0.25, 0.3) is 0 Å². The molecule has 1 fully saturated rings. The van der Waals surface area contributed by atoms with Crippen LogP contribution in [0.25, 0.3) is 0 Å². The number of rotatable bonds is 6. The summed E-state index contributed by atoms with van der Waals surface area (Å²) in [6, 6.07) is 1.84. The molecule has 0 saturated carbocycles. The molecular weight excluding hydrogens is 336 g/mol. The van der Waals surface area contributed by atoms with E-state index in [0.717, 1.165) is 37.4 Å². The van der Waals surface area contributed by atoms with E-state index in [1.165, 1.54) is 0 Å². The first kappa shape index (κ1) is 18.4. The van der Waals surface area contributed by atoms with Crippen LogP contribution in [0.15, 0.2) is 10.6 Å². The van der Waals surface area contributed by atoms with Crippen molar-refractivity contribution in [3.8, 4) is 0 Å². The Balaban J connectivity index is 1.67. The predicted octanol–water partition coefficient (Wildman–Crippen LogP) is 2.93. The summed E-state index contributed by atoms with van der Waals surface area (Å²) in [6.07, 6.45) is 2.31. The zero-order valence-electron chi connectivity index (χ0n) is 15.6. The lowest BCUT2D eigenvalue weighted by molar-refractivity contribution is 0.0472. The second kappa shape index (κ2) is 7.45. The largest absolute Gasteiger partial charge is 0.454 e. The molecule has 7 heteroatoms. The van der Waals surface area contributed by atoms with Crippen LogP contribution in [-0.4, -0.2) is 40.8 Å². The zero-order valence-corrected chi connectivity index (χ0v) is 15.6. The lowest BCUT2D eigenvalue weighted by Crippen LogP contribution is -2.18. The van der Waals surface area contributed by atoms with Gasteiger partial charge in [0.05, 0.1) is 11.8 Å². The van der Waals surface area contributed by atoms with Crippen molar-refractivity contribution >= 4 is 11.8 Å². The van der Waals surface area contributed by atoms with Crippen molar-refractivity contribution in [2.45, 2.75) is 53.2 Å². The van der Waals surface area contributed by atoms with Crippen LogP contribution in [-0.2, 0) is 16.0 Å². The van der Waals surface area contributed by atoms with Gasteiger partial charge in [-0.25, -0.2) is 4.79 Å². The van der Waals surface area contributed by atoms with Gasteiger partial charge in [0.1, 0.15) is 11.3 Å². The van der Waals surface area contributed by atoms with Crippen LogP contribution in [0.4, 0.5) is 0 Å². The summed E-state index contributed by atoms with van der Waals surface area (Å²) < 4.78 is 17.9. The molecule has 140 valence electrons. The molecule has 0 spiro atoms. The minimum atomic E-state index is -0.595. The van der Waals surface area contributed by atoms with E-state index in [-0.39, 0.29) is 24.1 Å². The number of aryl methyl sites for hydroxylation is 3. The van der Waals surface area contributed by atoms with Gasteiger partial charge in [0.15, 0.2) is 6.61 Å². The fourth-order valence-corrected chi connectivity index (χ4v) is 3.41. The van der Waals surface area contributed by atoms with Crippen LogP contribution in [0.1, 0.15) is 56.4 Å². The fraction of sp³-hybridized carbons (Fsp3) is 0.526. The lowest BCUT2D eigenvalue weighted by Gasteiger charge is -2.14. The maximum absolute atomic E-state index is 12.6. The summed E-state index contributed by atoms with van der Waals surface area (Å²) in [7, 11) is 0. The number of esters is 1. The number of hydrogen-bond donors (Lipinski definition) is 0. The second-order valence-electron chi connectivity index (χ2n) is 6.73. The Labute approximate surface area is 152 Å². The zero-order chi connectivity index (χ0) is 18.8. The van der Waals surface area contributed by atoms with Crippen LogP contribution in [0.3, 0.4) is 0 Å². The van der Waals surface area contributed by atoms with E-state index in [1.54, 1.807) is 13.8 Å². The van der Waals surface area contributed by atoms with Crippen molar-refractivity contribution in [2.24, 2.45) is 0 Å². The Bertz CT molecular complexity index is 808. The molecule has 3 rings (SSSR count). The van der Waals surface area contributed by atoms with Gasteiger partial charge in [-0.05, 0) is 46.6 Å². The molecule has 1 atom stereocenters. The van der Waals surface area contributed by atoms with E-state index in [2.05, 4.69) is 9.72 Å². The lowest BCUT2D eigenvalue weighted by atomic mass is 10.1. The van der Waals surface area contributed by atoms with Gasteiger partial charge in [-0.15, -0.1) is 0 Å². The molecule has 2 aromatic heterocycles. The molecular formula is C19H24N2O5. The Morgan fingerprint density at radius 3 is 2.69 bits per heavy atom. The van der Waals surface area contributed by atoms with Gasteiger partial charge in [-0.1, -0.05) is 5.16 Å². The molecule has 26 heavy (non-hydrogen) atoms. The smallest absolute Gasteiger partial charge is 0.344 e. The monoisotopic (exact) mass is 360 g/mol. The normalized spacial score (nSPS) is 16.8. The third-order valence-electron chi connectivity index (χ3n) is 4.86. The number of carbonyl (C=O) groups is 2. The Morgan fingerprint density at radius 2 is 2.08 bits per heavy atom. The Morgan fingerprint density at radius 1 is 1.31 bits per heavy atom. The quantitative estimate of drug-likeness (QED) is 0.582. The van der Waals surface area contributed by atoms with Crippen LogP contribution < -0.4 is 0 Å². The topological polar surface area (TPSA) is 83.6 Å². The molecule has 0 unspecified atom stereocenters. The van der Waals surface area contributed by atoms with Gasteiger partial charge in [0, 0.05) is 30.1 Å². The number of ketones is 1. The maximum Gasteiger partial charge on any atom is 0.344 e. The minimum absolute atomic E-state index is 0.195. The Hall–Kier alpha value is -2.41. The van der Waals surface area contributed by atoms with Crippen LogP contribution >= 0.6 is 0 Å². The molecule has 1 aliphatic rings. The highest BCUT2D eigenvalue weighted by Gasteiger charge is 2.23. The van der Waals surface area contributed by atoms with Crippen molar-refractivity contribution in [2.75, 3.05) is 13.2 Å². The van der Waals surface area contributed by atoms with Gasteiger partial charge in [-0.3, -0.25) is 4.79 Å². The van der Waals surface area contributed by atoms with E-state index in [0.29, 0.717) is 17.0 Å². The summed E-state index contributed by atoms with van der Waals surface area (Å²) in [5.41, 5.74) is 3.18. The van der Waals surface area contributed by atoms with E-state index < -0.39 is 5.97 Å². The van der Waals surface area contributed by atoms with Crippen molar-refractivity contribution in [1.82, 2.24) is 9.72 Å². The molecule has 3 heterocycles. The summed E-state index contributed by atoms with van der Waals surface area (Å²) in [5, 5.41) is 3.72. The number of aromatic nitrogens is 2. The summed E-state index contributed by atoms with van der Waals surface area (Å²) in [6.45, 7) is 8.40. The van der Waals surface area contributed by atoms with Crippen molar-refractivity contribution in [1.29, 1.82) is 0 Å². The van der Waals surface area contributed by atoms with E-state index in [1.807, 2.05) is 19.9 Å². The first-order valence-electron chi connectivity index (χ1n) is 8.80. The van der Waals surface area contributed by atoms with Gasteiger partial charge >= 0.3 is 5.97 Å². The fourth-order valence-electron chi connectivity index (χ4n) is 3.41. The van der Waals surface area contributed by atoms with Crippen molar-refractivity contribution in [3.05, 3.63) is 40.0 Å². The molecule has 0 N–H and O–H groups in total. The Kier molecular flexibility index (Phi) is 5.27. The second-order valence-corrected chi connectivity index (χ2v) is 6.73. The summed E-state index contributed by atoms with van der Waals surface area (Å²) >= 11 is 0. The van der Waals surface area contributed by atoms with Crippen LogP contribution in [0.2, 0.25) is 0 Å². The minimum Gasteiger partial charge on any atom is -0.454 e. The molecule has 1 aliphatic heterocycles. The van der Waals surface area contributed by atoms with Gasteiger partial charge < -0.3 is 18.6 Å². The maximum atomic E-state index is 12.6. The van der Waals surface area contributed by atoms with E-state index in [9.17, 15) is 9.59 Å². The third kappa shape index (κ3) is 3.58. The molecule has 0 bridgehead atoms. The van der Waals surface area contributed by atoms with Crippen LogP contribution in [0.5, 0.6) is 0 Å². The van der Waals surface area contributed by atoms with E-state index >= 15 is 0 Å². The molecule has 0 aromatic carbocycles. The van der Waals surface area contributed by atoms with E-state index in [4.69, 9.17) is 14.0 Å². The number of nitrogens with zero attached hydrogens (tertiary/aromatic N) is 2. The summed E-state index contributed by atoms with van der Waals surface area (Å²) in [4.78, 5) is 24.7. The highest BCUT2D eigenvalue weighted by atomic mass is 16.5. The molecule has 0 amide bonds. The third-order valence-corrected chi connectivity index (χ3v) is 4.86. The highest BCUT2D eigenvalue weighted by molar-refractivity contribution is 6.00. The highest BCUT2D eigenvalue weighted by Crippen LogP contribution is 2.21. The number of carbonyl (C=O) groups excluding carboxylic acids is 2. The predicted molar refractivity (Wildman–Crippen MR) is 93.5 cm³/mol. The van der Waals surface area contributed by atoms with Gasteiger partial charge in [-0.2, -0.15) is 0 Å². The molecule has 0 aliphatic carbocycles. The molecule has 0 radical (unpaired) electrons. The first-order valence-corrected chi connectivity index (χ1v) is 8.80. The standard InChI is InChI=1S/C19H24N2O5/c1-11-8-16(13(3)21(11)9-15-6-5-7-24-15)17(22)10-25-19(23)18-12(2)20-26-14(18)4/h8,15H,5-7,9-10H2,1-4H3/t15-/m0/s1. The van der Waals surface area contributed by atoms with Gasteiger partial charge in [0.2, 0.25) is 5.78 Å². The van der Waals surface area contributed by atoms with Crippen molar-refractivity contribution in [3.63, 3.8) is 0 Å². The molecule has 1 saturated heterocycles. The average Bonchev–Trinajstić information content (AvgIpc) is 3.30. The SMILES string of the molecule is Cc1noc(C)c1C(=O)OCC(=O)c1cc(C)n(C[C@@H]2CCCO2)c1C. The van der Waals surface area contributed by atoms with Crippen LogP contribution in [0, 0.1) is 27.7 Å².